The van der Waals surface area contributed by atoms with Crippen LogP contribution in [-0.2, 0) is 4.79 Å². The van der Waals surface area contributed by atoms with Gasteiger partial charge < -0.3 is 4.90 Å². The number of halogens is 1. The number of aromatic nitrogens is 3. The van der Waals surface area contributed by atoms with Gasteiger partial charge in [-0.3, -0.25) is 9.36 Å². The zero-order chi connectivity index (χ0) is 20.8. The lowest BCUT2D eigenvalue weighted by atomic mass is 10.1. The first-order valence-electron chi connectivity index (χ1n) is 9.11. The third kappa shape index (κ3) is 4.97. The zero-order valence-corrected chi connectivity index (χ0v) is 17.7. The Labute approximate surface area is 179 Å². The minimum Gasteiger partial charge on any atom is -0.335 e. The summed E-state index contributed by atoms with van der Waals surface area (Å²) >= 11 is 7.41. The highest BCUT2D eigenvalue weighted by atomic mass is 35.5. The van der Waals surface area contributed by atoms with Crippen LogP contribution in [0.4, 0.5) is 0 Å². The molecule has 1 heterocycles. The average molecular weight is 426 g/mol. The van der Waals surface area contributed by atoms with E-state index in [2.05, 4.69) is 16.3 Å². The van der Waals surface area contributed by atoms with Gasteiger partial charge in [-0.05, 0) is 49.7 Å². The Morgan fingerprint density at radius 3 is 2.72 bits per heavy atom. The molecule has 148 valence electrons. The monoisotopic (exact) mass is 425 g/mol. The highest BCUT2D eigenvalue weighted by Gasteiger charge is 2.21. The molecular weight excluding hydrogens is 406 g/mol. The molecule has 0 fully saturated rings. The van der Waals surface area contributed by atoms with Crippen molar-refractivity contribution in [2.45, 2.75) is 25.0 Å². The van der Waals surface area contributed by atoms with Gasteiger partial charge in [0.15, 0.2) is 5.16 Å². The van der Waals surface area contributed by atoms with Gasteiger partial charge in [-0.25, -0.2) is 0 Å². The van der Waals surface area contributed by atoms with Crippen LogP contribution in [0.15, 0.2) is 60.0 Å². The van der Waals surface area contributed by atoms with Crippen LogP contribution in [0.2, 0.25) is 5.02 Å². The number of thioether (sulfide) groups is 1. The molecule has 0 spiro atoms. The molecule has 0 radical (unpaired) electrons. The van der Waals surface area contributed by atoms with Crippen molar-refractivity contribution in [2.24, 2.45) is 0 Å². The lowest BCUT2D eigenvalue weighted by molar-refractivity contribution is -0.130. The van der Waals surface area contributed by atoms with Gasteiger partial charge in [0, 0.05) is 11.6 Å². The molecule has 2 aromatic carbocycles. The van der Waals surface area contributed by atoms with Gasteiger partial charge in [0.2, 0.25) is 5.91 Å². The molecular formula is C21H20ClN5OS. The Morgan fingerprint density at radius 2 is 2.07 bits per heavy atom. The summed E-state index contributed by atoms with van der Waals surface area (Å²) in [6, 6.07) is 16.7. The fourth-order valence-electron chi connectivity index (χ4n) is 3.02. The smallest absolute Gasteiger partial charge is 0.233 e. The molecule has 1 aromatic heterocycles. The Hall–Kier alpha value is -2.82. The normalized spacial score (nSPS) is 11.7. The van der Waals surface area contributed by atoms with E-state index < -0.39 is 0 Å². The second-order valence-corrected chi connectivity index (χ2v) is 7.72. The molecule has 6 nitrogen and oxygen atoms in total. The number of carbonyl (C=O) groups excluding carboxylic acids is 1. The van der Waals surface area contributed by atoms with Gasteiger partial charge in [0.1, 0.15) is 6.33 Å². The maximum atomic E-state index is 12.9. The number of hydrogen-bond acceptors (Lipinski definition) is 5. The van der Waals surface area contributed by atoms with Crippen LogP contribution < -0.4 is 0 Å². The van der Waals surface area contributed by atoms with Crippen molar-refractivity contribution in [3.63, 3.8) is 0 Å². The highest BCUT2D eigenvalue weighted by Crippen LogP contribution is 2.25. The summed E-state index contributed by atoms with van der Waals surface area (Å²) in [7, 11) is 0. The van der Waals surface area contributed by atoms with Crippen LogP contribution in [-0.4, -0.2) is 37.9 Å². The number of amides is 1. The fourth-order valence-corrected chi connectivity index (χ4v) is 4.02. The van der Waals surface area contributed by atoms with Gasteiger partial charge in [-0.15, -0.1) is 10.2 Å². The first-order valence-corrected chi connectivity index (χ1v) is 10.5. The predicted molar refractivity (Wildman–Crippen MR) is 114 cm³/mol. The van der Waals surface area contributed by atoms with Crippen molar-refractivity contribution in [1.29, 1.82) is 5.26 Å². The van der Waals surface area contributed by atoms with Crippen LogP contribution in [0.1, 0.15) is 31.0 Å². The van der Waals surface area contributed by atoms with Crippen LogP contribution in [0.5, 0.6) is 0 Å². The summed E-state index contributed by atoms with van der Waals surface area (Å²) in [5.41, 5.74) is 2.44. The molecule has 1 unspecified atom stereocenters. The number of carbonyl (C=O) groups is 1. The number of nitriles is 1. The van der Waals surface area contributed by atoms with E-state index in [-0.39, 0.29) is 17.7 Å². The molecule has 0 saturated carbocycles. The second-order valence-electron chi connectivity index (χ2n) is 6.34. The van der Waals surface area contributed by atoms with E-state index in [9.17, 15) is 4.79 Å². The lowest BCUT2D eigenvalue weighted by Gasteiger charge is -2.28. The van der Waals surface area contributed by atoms with Crippen molar-refractivity contribution in [1.82, 2.24) is 19.7 Å². The SMILES string of the molecule is CCN(C(=O)CSc1nncn1-c1cccc(Cl)c1)C(C)c1ccc(C#N)cc1. The molecule has 1 amide bonds. The third-order valence-electron chi connectivity index (χ3n) is 4.58. The molecule has 0 aliphatic rings. The van der Waals surface area contributed by atoms with Gasteiger partial charge in [-0.1, -0.05) is 41.6 Å². The Bertz CT molecular complexity index is 1030. The molecule has 0 N–H and O–H groups in total. The highest BCUT2D eigenvalue weighted by molar-refractivity contribution is 7.99. The minimum atomic E-state index is -0.0911. The molecule has 0 bridgehead atoms. The maximum absolute atomic E-state index is 12.9. The largest absolute Gasteiger partial charge is 0.335 e. The standard InChI is InChI=1S/C21H20ClN5OS/c1-3-26(15(2)17-9-7-16(12-23)8-10-17)20(28)13-29-21-25-24-14-27(21)19-6-4-5-18(22)11-19/h4-11,14-15H,3,13H2,1-2H3. The van der Waals surface area contributed by atoms with E-state index in [0.29, 0.717) is 22.3 Å². The number of rotatable bonds is 7. The second kappa shape index (κ2) is 9.59. The summed E-state index contributed by atoms with van der Waals surface area (Å²) < 4.78 is 1.81. The zero-order valence-electron chi connectivity index (χ0n) is 16.1. The van der Waals surface area contributed by atoms with E-state index in [1.54, 1.807) is 24.5 Å². The number of benzene rings is 2. The maximum Gasteiger partial charge on any atom is 0.233 e. The molecule has 3 aromatic rings. The van der Waals surface area contributed by atoms with Crippen molar-refractivity contribution in [3.8, 4) is 11.8 Å². The van der Waals surface area contributed by atoms with E-state index in [0.717, 1.165) is 11.3 Å². The average Bonchev–Trinajstić information content (AvgIpc) is 3.21. The van der Waals surface area contributed by atoms with E-state index >= 15 is 0 Å². The van der Waals surface area contributed by atoms with Gasteiger partial charge >= 0.3 is 0 Å². The van der Waals surface area contributed by atoms with E-state index in [4.69, 9.17) is 16.9 Å². The summed E-state index contributed by atoms with van der Waals surface area (Å²) in [6.45, 7) is 4.53. The quantitative estimate of drug-likeness (QED) is 0.521. The fraction of sp³-hybridized carbons (Fsp3) is 0.238. The number of nitrogens with zero attached hydrogens (tertiary/aromatic N) is 5. The molecule has 8 heteroatoms. The van der Waals surface area contributed by atoms with Gasteiger partial charge in [-0.2, -0.15) is 5.26 Å². The molecule has 0 saturated heterocycles. The molecule has 3 rings (SSSR count). The summed E-state index contributed by atoms with van der Waals surface area (Å²) in [5.74, 6) is 0.253. The predicted octanol–water partition coefficient (Wildman–Crippen LogP) is 4.49. The van der Waals surface area contributed by atoms with Gasteiger partial charge in [0.05, 0.1) is 29.1 Å². The van der Waals surface area contributed by atoms with Crippen molar-refractivity contribution in [2.75, 3.05) is 12.3 Å². The molecule has 0 aliphatic heterocycles. The van der Waals surface area contributed by atoms with Crippen molar-refractivity contribution in [3.05, 3.63) is 71.0 Å². The van der Waals surface area contributed by atoms with E-state index in [1.165, 1.54) is 11.8 Å². The summed E-state index contributed by atoms with van der Waals surface area (Å²) in [4.78, 5) is 14.7. The Morgan fingerprint density at radius 1 is 1.31 bits per heavy atom. The molecule has 0 aliphatic carbocycles. The summed E-state index contributed by atoms with van der Waals surface area (Å²) in [5, 5.41) is 18.3. The number of hydrogen-bond donors (Lipinski definition) is 0. The minimum absolute atomic E-state index is 0.00926. The third-order valence-corrected chi connectivity index (χ3v) is 5.74. The first kappa shape index (κ1) is 20.9. The topological polar surface area (TPSA) is 74.8 Å². The van der Waals surface area contributed by atoms with Crippen molar-refractivity contribution >= 4 is 29.3 Å². The van der Waals surface area contributed by atoms with Crippen LogP contribution in [0.25, 0.3) is 5.69 Å². The van der Waals surface area contributed by atoms with Crippen LogP contribution in [0, 0.1) is 11.3 Å². The van der Waals surface area contributed by atoms with Gasteiger partial charge in [0.25, 0.3) is 0 Å². The summed E-state index contributed by atoms with van der Waals surface area (Å²) in [6.07, 6.45) is 1.61. The van der Waals surface area contributed by atoms with Crippen LogP contribution in [0.3, 0.4) is 0 Å². The Kier molecular flexibility index (Phi) is 6.91. The van der Waals surface area contributed by atoms with Crippen molar-refractivity contribution < 1.29 is 4.79 Å². The molecule has 1 atom stereocenters. The first-order chi connectivity index (χ1) is 14.0. The van der Waals surface area contributed by atoms with E-state index in [1.807, 2.05) is 53.6 Å². The molecule has 29 heavy (non-hydrogen) atoms. The Balaban J connectivity index is 1.69. The van der Waals surface area contributed by atoms with Crippen LogP contribution >= 0.6 is 23.4 Å². The lowest BCUT2D eigenvalue weighted by Crippen LogP contribution is -2.34.